The Morgan fingerprint density at radius 2 is 1.68 bits per heavy atom. The predicted molar refractivity (Wildman–Crippen MR) is 82.2 cm³/mol. The van der Waals surface area contributed by atoms with Gasteiger partial charge in [0.25, 0.3) is 0 Å². The molecule has 0 bridgehead atoms. The molecule has 0 saturated carbocycles. The minimum Gasteiger partial charge on any atom is -0.383 e. The van der Waals surface area contributed by atoms with Crippen molar-refractivity contribution in [3.05, 3.63) is 47.2 Å². The molecule has 0 heterocycles. The summed E-state index contributed by atoms with van der Waals surface area (Å²) in [5.41, 5.74) is 3.62. The lowest BCUT2D eigenvalue weighted by Gasteiger charge is -2.24. The predicted octanol–water partition coefficient (Wildman–Crippen LogP) is 4.45. The van der Waals surface area contributed by atoms with Crippen molar-refractivity contribution in [2.24, 2.45) is 0 Å². The zero-order valence-electron chi connectivity index (χ0n) is 13.3. The van der Waals surface area contributed by atoms with Crippen LogP contribution in [-0.2, 0) is 0 Å². The molecule has 0 radical (unpaired) electrons. The number of hydrogen-bond donors (Lipinski definition) is 0. The minimum atomic E-state index is -0.0991. The molecule has 0 fully saturated rings. The normalized spacial score (nSPS) is 14.1. The number of rotatable bonds is 6. The first-order chi connectivity index (χ1) is 8.72. The summed E-state index contributed by atoms with van der Waals surface area (Å²) in [7, 11) is 5.80. The van der Waals surface area contributed by atoms with Gasteiger partial charge < -0.3 is 9.80 Å². The van der Waals surface area contributed by atoms with E-state index in [0.717, 1.165) is 16.8 Å². The average molecular weight is 266 g/mol. The highest BCUT2D eigenvalue weighted by molar-refractivity contribution is 5.36. The second-order valence-corrected chi connectivity index (χ2v) is 4.94. The zero-order valence-corrected chi connectivity index (χ0v) is 13.3. The summed E-state index contributed by atoms with van der Waals surface area (Å²) in [5, 5.41) is 0. The van der Waals surface area contributed by atoms with E-state index in [4.69, 9.17) is 0 Å². The molecule has 0 aliphatic rings. The van der Waals surface area contributed by atoms with Crippen LogP contribution in [0.15, 0.2) is 47.2 Å². The van der Waals surface area contributed by atoms with Crippen molar-refractivity contribution in [2.75, 3.05) is 21.1 Å². The molecule has 0 saturated heterocycles. The van der Waals surface area contributed by atoms with Gasteiger partial charge in [-0.2, -0.15) is 0 Å². The molecule has 0 rings (SSSR count). The molecule has 0 aromatic carbocycles. The molecule has 0 aliphatic carbocycles. The van der Waals surface area contributed by atoms with E-state index in [1.807, 2.05) is 59.1 Å². The van der Waals surface area contributed by atoms with Gasteiger partial charge in [-0.15, -0.1) is 0 Å². The van der Waals surface area contributed by atoms with Crippen LogP contribution >= 0.6 is 0 Å². The Morgan fingerprint density at radius 3 is 2.11 bits per heavy atom. The Kier molecular flexibility index (Phi) is 7.20. The molecular formula is C16H27FN2. The minimum absolute atomic E-state index is 0.0991. The summed E-state index contributed by atoms with van der Waals surface area (Å²) in [6.07, 6.45) is 4.43. The largest absolute Gasteiger partial charge is 0.383 e. The molecule has 0 aromatic rings. The molecular weight excluding hydrogens is 239 g/mol. The topological polar surface area (TPSA) is 6.48 Å². The smallest absolute Gasteiger partial charge is 0.119 e. The molecule has 0 aliphatic heterocycles. The number of likely N-dealkylation sites (N-methyl/N-ethyl adjacent to an activating group) is 1. The summed E-state index contributed by atoms with van der Waals surface area (Å²) >= 11 is 0. The van der Waals surface area contributed by atoms with Gasteiger partial charge in [0.1, 0.15) is 5.83 Å². The molecule has 3 heteroatoms. The van der Waals surface area contributed by atoms with E-state index in [1.54, 1.807) is 11.8 Å². The molecule has 2 nitrogen and oxygen atoms in total. The Bertz CT molecular complexity index is 414. The molecule has 19 heavy (non-hydrogen) atoms. The Balaban J connectivity index is 5.16. The van der Waals surface area contributed by atoms with Crippen LogP contribution in [0.25, 0.3) is 0 Å². The molecule has 0 N–H and O–H groups in total. The Hall–Kier alpha value is -1.51. The van der Waals surface area contributed by atoms with Gasteiger partial charge in [-0.05, 0) is 50.6 Å². The van der Waals surface area contributed by atoms with Crippen LogP contribution in [0.2, 0.25) is 0 Å². The Labute approximate surface area is 117 Å². The maximum atomic E-state index is 13.6. The van der Waals surface area contributed by atoms with Crippen LogP contribution in [0.3, 0.4) is 0 Å². The fraction of sp³-hybridized carbons (Fsp3) is 0.500. The third-order valence-corrected chi connectivity index (χ3v) is 3.26. The second-order valence-electron chi connectivity index (χ2n) is 4.94. The fourth-order valence-electron chi connectivity index (χ4n) is 1.51. The van der Waals surface area contributed by atoms with Crippen LogP contribution in [0.4, 0.5) is 4.39 Å². The summed E-state index contributed by atoms with van der Waals surface area (Å²) in [6.45, 7) is 11.7. The maximum Gasteiger partial charge on any atom is 0.119 e. The Morgan fingerprint density at radius 1 is 1.16 bits per heavy atom. The molecule has 0 unspecified atom stereocenters. The zero-order chi connectivity index (χ0) is 15.2. The highest BCUT2D eigenvalue weighted by Gasteiger charge is 2.11. The van der Waals surface area contributed by atoms with Gasteiger partial charge in [-0.25, -0.2) is 4.39 Å². The van der Waals surface area contributed by atoms with Crippen LogP contribution in [0, 0.1) is 0 Å². The first-order valence-electron chi connectivity index (χ1n) is 6.52. The first-order valence-corrected chi connectivity index (χ1v) is 6.52. The quantitative estimate of drug-likeness (QED) is 0.655. The average Bonchev–Trinajstić information content (AvgIpc) is 2.40. The summed E-state index contributed by atoms with van der Waals surface area (Å²) in [5.74, 6) is -0.0991. The summed E-state index contributed by atoms with van der Waals surface area (Å²) in [4.78, 5) is 3.78. The maximum absolute atomic E-state index is 13.6. The van der Waals surface area contributed by atoms with Crippen molar-refractivity contribution in [1.29, 1.82) is 0 Å². The molecule has 0 aromatic heterocycles. The van der Waals surface area contributed by atoms with Crippen molar-refractivity contribution >= 4 is 0 Å². The summed E-state index contributed by atoms with van der Waals surface area (Å²) < 4.78 is 13.6. The van der Waals surface area contributed by atoms with Crippen molar-refractivity contribution in [1.82, 2.24) is 9.80 Å². The van der Waals surface area contributed by atoms with E-state index in [2.05, 4.69) is 6.58 Å². The van der Waals surface area contributed by atoms with Crippen molar-refractivity contribution in [3.63, 3.8) is 0 Å². The van der Waals surface area contributed by atoms with E-state index in [0.29, 0.717) is 12.1 Å². The van der Waals surface area contributed by atoms with Gasteiger partial charge >= 0.3 is 0 Å². The second kappa shape index (κ2) is 7.82. The van der Waals surface area contributed by atoms with Crippen molar-refractivity contribution < 1.29 is 4.39 Å². The number of nitrogens with zero attached hydrogens (tertiary/aromatic N) is 2. The standard InChI is InChI=1S/C16H27FN2/c1-9-16(17)15(5)19(8)14(4)13(3)12(2)10-11-18(6)7/h10-11H,4,9H2,1-3,5-8H3/b11-10-,13-12+,16-15-. The molecule has 108 valence electrons. The number of halogens is 1. The van der Waals surface area contributed by atoms with Crippen LogP contribution in [-0.4, -0.2) is 30.9 Å². The highest BCUT2D eigenvalue weighted by atomic mass is 19.1. The van der Waals surface area contributed by atoms with E-state index >= 15 is 0 Å². The third kappa shape index (κ3) is 5.33. The van der Waals surface area contributed by atoms with E-state index in [9.17, 15) is 4.39 Å². The van der Waals surface area contributed by atoms with Gasteiger partial charge in [0.05, 0.1) is 0 Å². The SMILES string of the molecule is C=C(/C(C)=C(C)/C=C\N(C)C)N(C)/C(C)=C(\F)CC. The fourth-order valence-corrected chi connectivity index (χ4v) is 1.51. The number of allylic oxidation sites excluding steroid dienone is 5. The van der Waals surface area contributed by atoms with E-state index in [1.165, 1.54) is 0 Å². The van der Waals surface area contributed by atoms with Gasteiger partial charge in [0.2, 0.25) is 0 Å². The van der Waals surface area contributed by atoms with E-state index < -0.39 is 0 Å². The molecule has 0 atom stereocenters. The molecule has 0 amide bonds. The number of hydrogen-bond acceptors (Lipinski definition) is 2. The lowest BCUT2D eigenvalue weighted by Crippen LogP contribution is -2.17. The van der Waals surface area contributed by atoms with Crippen molar-refractivity contribution in [3.8, 4) is 0 Å². The monoisotopic (exact) mass is 266 g/mol. The van der Waals surface area contributed by atoms with Crippen LogP contribution < -0.4 is 0 Å². The summed E-state index contributed by atoms with van der Waals surface area (Å²) in [6, 6.07) is 0. The van der Waals surface area contributed by atoms with Crippen molar-refractivity contribution in [2.45, 2.75) is 34.1 Å². The van der Waals surface area contributed by atoms with Gasteiger partial charge in [-0.3, -0.25) is 0 Å². The molecule has 0 spiro atoms. The van der Waals surface area contributed by atoms with Crippen LogP contribution in [0.1, 0.15) is 34.1 Å². The lowest BCUT2D eigenvalue weighted by molar-refractivity contribution is 0.474. The lowest BCUT2D eigenvalue weighted by atomic mass is 10.1. The first kappa shape index (κ1) is 17.5. The van der Waals surface area contributed by atoms with Gasteiger partial charge in [0.15, 0.2) is 0 Å². The van der Waals surface area contributed by atoms with Gasteiger partial charge in [0, 0.05) is 32.5 Å². The van der Waals surface area contributed by atoms with E-state index in [-0.39, 0.29) is 5.83 Å². The third-order valence-electron chi connectivity index (χ3n) is 3.26. The van der Waals surface area contributed by atoms with Gasteiger partial charge in [-0.1, -0.05) is 13.5 Å². The van der Waals surface area contributed by atoms with Crippen LogP contribution in [0.5, 0.6) is 0 Å². The highest BCUT2D eigenvalue weighted by Crippen LogP contribution is 2.23.